The van der Waals surface area contributed by atoms with Crippen LogP contribution in [0.1, 0.15) is 29.9 Å². The summed E-state index contributed by atoms with van der Waals surface area (Å²) in [6.07, 6.45) is 1.71. The predicted octanol–water partition coefficient (Wildman–Crippen LogP) is 4.98. The first kappa shape index (κ1) is 20.7. The van der Waals surface area contributed by atoms with Crippen molar-refractivity contribution < 1.29 is 9.53 Å². The van der Waals surface area contributed by atoms with Crippen LogP contribution in [0, 0.1) is 6.92 Å². The highest BCUT2D eigenvalue weighted by atomic mass is 35.5. The van der Waals surface area contributed by atoms with Crippen LogP contribution >= 0.6 is 11.6 Å². The largest absolute Gasteiger partial charge is 0.471 e. The minimum absolute atomic E-state index is 0.203. The molecule has 0 saturated heterocycles. The molecule has 0 aliphatic rings. The van der Waals surface area contributed by atoms with Gasteiger partial charge < -0.3 is 15.0 Å². The van der Waals surface area contributed by atoms with Crippen molar-refractivity contribution in [2.75, 3.05) is 23.3 Å². The third-order valence-corrected chi connectivity index (χ3v) is 4.85. The van der Waals surface area contributed by atoms with Crippen molar-refractivity contribution in [3.05, 3.63) is 71.0 Å². The summed E-state index contributed by atoms with van der Waals surface area (Å²) in [5.41, 5.74) is 3.13. The molecular formula is C22H25ClN4O2. The lowest BCUT2D eigenvalue weighted by Crippen LogP contribution is -2.21. The number of amides is 1. The number of aromatic nitrogens is 2. The fraction of sp³-hybridized carbons (Fsp3) is 0.273. The molecule has 152 valence electrons. The maximum atomic E-state index is 12.5. The molecule has 29 heavy (non-hydrogen) atoms. The summed E-state index contributed by atoms with van der Waals surface area (Å²) >= 11 is 5.96. The van der Waals surface area contributed by atoms with Gasteiger partial charge in [-0.25, -0.2) is 4.68 Å². The minimum atomic E-state index is -0.262. The van der Waals surface area contributed by atoms with Crippen LogP contribution < -0.4 is 15.0 Å². The zero-order valence-corrected chi connectivity index (χ0v) is 17.6. The Morgan fingerprint density at radius 3 is 2.52 bits per heavy atom. The minimum Gasteiger partial charge on any atom is -0.471 e. The molecule has 1 N–H and O–H groups in total. The molecule has 0 saturated carbocycles. The molecule has 3 rings (SSSR count). The van der Waals surface area contributed by atoms with Gasteiger partial charge in [0.1, 0.15) is 5.75 Å². The molecule has 6 nitrogen and oxygen atoms in total. The summed E-state index contributed by atoms with van der Waals surface area (Å²) in [5.74, 6) is 0.464. The van der Waals surface area contributed by atoms with E-state index in [1.54, 1.807) is 23.0 Å². The molecule has 7 heteroatoms. The third-order valence-electron chi connectivity index (χ3n) is 4.62. The average molecular weight is 413 g/mol. The second-order valence-electron chi connectivity index (χ2n) is 6.60. The van der Waals surface area contributed by atoms with Gasteiger partial charge in [0.2, 0.25) is 0 Å². The number of hydrogen-bond acceptors (Lipinski definition) is 4. The molecule has 1 amide bonds. The molecule has 0 radical (unpaired) electrons. The maximum absolute atomic E-state index is 12.5. The van der Waals surface area contributed by atoms with Gasteiger partial charge in [0.25, 0.3) is 5.91 Å². The monoisotopic (exact) mass is 412 g/mol. The first-order chi connectivity index (χ1) is 14.0. The van der Waals surface area contributed by atoms with Gasteiger partial charge in [0, 0.05) is 35.7 Å². The summed E-state index contributed by atoms with van der Waals surface area (Å²) in [6.45, 7) is 8.25. The van der Waals surface area contributed by atoms with Crippen molar-refractivity contribution >= 4 is 28.9 Å². The van der Waals surface area contributed by atoms with Crippen LogP contribution in [0.3, 0.4) is 0 Å². The van der Waals surface area contributed by atoms with Crippen molar-refractivity contribution in [3.8, 4) is 5.75 Å². The number of nitrogens with one attached hydrogen (secondary N) is 1. The number of rotatable bonds is 8. The van der Waals surface area contributed by atoms with Crippen LogP contribution in [-0.2, 0) is 6.73 Å². The van der Waals surface area contributed by atoms with Gasteiger partial charge in [0.15, 0.2) is 12.4 Å². The van der Waals surface area contributed by atoms with Gasteiger partial charge in [-0.1, -0.05) is 11.6 Å². The first-order valence-corrected chi connectivity index (χ1v) is 9.96. The molecule has 0 spiro atoms. The molecule has 0 unspecified atom stereocenters. The Labute approximate surface area is 176 Å². The topological polar surface area (TPSA) is 59.4 Å². The van der Waals surface area contributed by atoms with Gasteiger partial charge in [-0.15, -0.1) is 0 Å². The maximum Gasteiger partial charge on any atom is 0.276 e. The Kier molecular flexibility index (Phi) is 6.77. The van der Waals surface area contributed by atoms with Crippen molar-refractivity contribution in [2.24, 2.45) is 0 Å². The SMILES string of the molecule is CCN(CC)c1ccc(NC(=O)c2ccn(COc3ccc(Cl)cc3C)n2)cc1. The van der Waals surface area contributed by atoms with Crippen LogP contribution in [0.15, 0.2) is 54.7 Å². The van der Waals surface area contributed by atoms with Gasteiger partial charge in [-0.3, -0.25) is 4.79 Å². The van der Waals surface area contributed by atoms with E-state index < -0.39 is 0 Å². The number of ether oxygens (including phenoxy) is 1. The smallest absolute Gasteiger partial charge is 0.276 e. The number of benzene rings is 2. The first-order valence-electron chi connectivity index (χ1n) is 9.59. The molecule has 0 atom stereocenters. The number of nitrogens with zero attached hydrogens (tertiary/aromatic N) is 3. The lowest BCUT2D eigenvalue weighted by Gasteiger charge is -2.21. The lowest BCUT2D eigenvalue weighted by atomic mass is 10.2. The molecule has 0 fully saturated rings. The van der Waals surface area contributed by atoms with E-state index in [4.69, 9.17) is 16.3 Å². The van der Waals surface area contributed by atoms with Crippen molar-refractivity contribution in [3.63, 3.8) is 0 Å². The van der Waals surface area contributed by atoms with E-state index in [1.165, 1.54) is 0 Å². The fourth-order valence-corrected chi connectivity index (χ4v) is 3.23. The Morgan fingerprint density at radius 2 is 1.86 bits per heavy atom. The molecule has 1 aromatic heterocycles. The molecule has 1 heterocycles. The molecule has 0 aliphatic heterocycles. The van der Waals surface area contributed by atoms with E-state index >= 15 is 0 Å². The number of anilines is 2. The van der Waals surface area contributed by atoms with Crippen LogP contribution in [0.2, 0.25) is 5.02 Å². The summed E-state index contributed by atoms with van der Waals surface area (Å²) in [6, 6.07) is 14.9. The summed E-state index contributed by atoms with van der Waals surface area (Å²) in [4.78, 5) is 14.7. The number of hydrogen-bond donors (Lipinski definition) is 1. The van der Waals surface area contributed by atoms with E-state index in [0.717, 1.165) is 35.8 Å². The average Bonchev–Trinajstić information content (AvgIpc) is 3.19. The Morgan fingerprint density at radius 1 is 1.14 bits per heavy atom. The number of halogens is 1. The van der Waals surface area contributed by atoms with Gasteiger partial charge in [0.05, 0.1) is 0 Å². The van der Waals surface area contributed by atoms with E-state index in [9.17, 15) is 4.79 Å². The van der Waals surface area contributed by atoms with Crippen molar-refractivity contribution in [1.29, 1.82) is 0 Å². The number of aryl methyl sites for hydroxylation is 1. The third kappa shape index (κ3) is 5.29. The Hall–Kier alpha value is -2.99. The highest BCUT2D eigenvalue weighted by Crippen LogP contribution is 2.22. The van der Waals surface area contributed by atoms with Crippen LogP contribution in [0.5, 0.6) is 5.75 Å². The predicted molar refractivity (Wildman–Crippen MR) is 117 cm³/mol. The van der Waals surface area contributed by atoms with E-state index in [2.05, 4.69) is 29.2 Å². The van der Waals surface area contributed by atoms with E-state index in [1.807, 2.05) is 43.3 Å². The lowest BCUT2D eigenvalue weighted by molar-refractivity contribution is 0.102. The highest BCUT2D eigenvalue weighted by molar-refractivity contribution is 6.30. The molecule has 0 aliphatic carbocycles. The zero-order valence-electron chi connectivity index (χ0n) is 16.9. The highest BCUT2D eigenvalue weighted by Gasteiger charge is 2.11. The Balaban J connectivity index is 1.59. The van der Waals surface area contributed by atoms with Gasteiger partial charge in [-0.05, 0) is 74.9 Å². The van der Waals surface area contributed by atoms with Gasteiger partial charge in [-0.2, -0.15) is 5.10 Å². The van der Waals surface area contributed by atoms with Crippen LogP contribution in [-0.4, -0.2) is 28.8 Å². The second kappa shape index (κ2) is 9.47. The molecular weight excluding hydrogens is 388 g/mol. The summed E-state index contributed by atoms with van der Waals surface area (Å²) in [7, 11) is 0. The molecule has 3 aromatic rings. The van der Waals surface area contributed by atoms with Crippen molar-refractivity contribution in [2.45, 2.75) is 27.5 Å². The second-order valence-corrected chi connectivity index (χ2v) is 7.03. The number of carbonyl (C=O) groups excluding carboxylic acids is 1. The summed E-state index contributed by atoms with van der Waals surface area (Å²) < 4.78 is 7.33. The van der Waals surface area contributed by atoms with Crippen molar-refractivity contribution in [1.82, 2.24) is 9.78 Å². The van der Waals surface area contributed by atoms with Gasteiger partial charge >= 0.3 is 0 Å². The van der Waals surface area contributed by atoms with Crippen LogP contribution in [0.4, 0.5) is 11.4 Å². The summed E-state index contributed by atoms with van der Waals surface area (Å²) in [5, 5.41) is 7.83. The zero-order chi connectivity index (χ0) is 20.8. The van der Waals surface area contributed by atoms with E-state index in [-0.39, 0.29) is 12.6 Å². The van der Waals surface area contributed by atoms with E-state index in [0.29, 0.717) is 10.7 Å². The molecule has 2 aromatic carbocycles. The fourth-order valence-electron chi connectivity index (χ4n) is 3.00. The Bertz CT molecular complexity index is 965. The van der Waals surface area contributed by atoms with Crippen LogP contribution in [0.25, 0.3) is 0 Å². The molecule has 0 bridgehead atoms. The normalized spacial score (nSPS) is 10.6. The number of carbonyl (C=O) groups is 1. The quantitative estimate of drug-likeness (QED) is 0.566. The standard InChI is InChI=1S/C22H25ClN4O2/c1-4-26(5-2)19-9-7-18(8-10-19)24-22(28)20-12-13-27(25-20)15-29-21-11-6-17(23)14-16(21)3/h6-14H,4-5,15H2,1-3H3,(H,24,28).